The summed E-state index contributed by atoms with van der Waals surface area (Å²) >= 11 is 0. The normalized spacial score (nSPS) is 24.7. The van der Waals surface area contributed by atoms with Crippen molar-refractivity contribution in [2.75, 3.05) is 13.2 Å². The summed E-state index contributed by atoms with van der Waals surface area (Å²) in [7, 11) is 0. The Bertz CT molecular complexity index is 1410. The van der Waals surface area contributed by atoms with Gasteiger partial charge in [0.2, 0.25) is 17.5 Å². The second kappa shape index (κ2) is 23.2. The van der Waals surface area contributed by atoms with Crippen LogP contribution in [0.1, 0.15) is 107 Å². The van der Waals surface area contributed by atoms with E-state index in [4.69, 9.17) is 47.4 Å². The van der Waals surface area contributed by atoms with E-state index in [-0.39, 0.29) is 51.4 Å². The minimum atomic E-state index is -1.83. The number of ether oxygens (including phenoxy) is 10. The summed E-state index contributed by atoms with van der Waals surface area (Å²) in [5.74, 6) is -6.94. The van der Waals surface area contributed by atoms with Crippen molar-refractivity contribution in [3.63, 3.8) is 0 Å². The predicted molar refractivity (Wildman–Crippen MR) is 183 cm³/mol. The second-order valence-corrected chi connectivity index (χ2v) is 12.0. The Hall–Kier alpha value is -4.78. The summed E-state index contributed by atoms with van der Waals surface area (Å²) in [6.07, 6.45) is -14.0. The van der Waals surface area contributed by atoms with Gasteiger partial charge in [0.25, 0.3) is 0 Å². The molecule has 0 aromatic rings. The molecule has 19 heteroatoms. The number of hydrogen-bond donors (Lipinski definition) is 1. The molecule has 0 aromatic heterocycles. The molecule has 1 amide bonds. The van der Waals surface area contributed by atoms with Crippen LogP contribution in [0.4, 0.5) is 0 Å². The zero-order valence-corrected chi connectivity index (χ0v) is 32.5. The summed E-state index contributed by atoms with van der Waals surface area (Å²) in [6.45, 7) is 10.9. The van der Waals surface area contributed by atoms with E-state index >= 15 is 0 Å². The zero-order chi connectivity index (χ0) is 41.2. The Morgan fingerprint density at radius 1 is 0.509 bits per heavy atom. The standard InChI is InChI=1S/C36H53NO18/c1-9-21(38)37-35-33(53-27(44)15-7)31(51-25(42)13-5)30(19(48-35)17-46-22(39)10-2)55-36-34(54-28(45)16-8)32(52-26(43)14-6)29(50-24(41)12-4)20(49-36)18-47-23(40)11-3/h19-20,29-32,34,36H,9-18H2,1-8H3,(H,37,38)/t19?,20?,29-,30+,31?,32?,34?,36-/m0/s1. The summed E-state index contributed by atoms with van der Waals surface area (Å²) in [4.78, 5) is 102. The molecule has 2 aliphatic heterocycles. The molecule has 8 atom stereocenters. The van der Waals surface area contributed by atoms with E-state index < -0.39 is 122 Å². The first kappa shape index (κ1) is 46.4. The van der Waals surface area contributed by atoms with Crippen LogP contribution in [-0.2, 0) is 85.7 Å². The molecule has 55 heavy (non-hydrogen) atoms. The Balaban J connectivity index is 2.91. The second-order valence-electron chi connectivity index (χ2n) is 12.0. The first-order chi connectivity index (χ1) is 26.2. The first-order valence-electron chi connectivity index (χ1n) is 18.5. The molecule has 0 spiro atoms. The SMILES string of the molecule is CCC(=O)NC1=C(OC(=O)CC)C(OC(=O)CC)[C@H](O[C@@H]2OC(COC(=O)CC)[C@H](OC(=O)CC)C(OC(=O)CC)C2OC(=O)CC)C(COC(=O)CC)O1. The Morgan fingerprint density at radius 2 is 0.964 bits per heavy atom. The van der Waals surface area contributed by atoms with Crippen LogP contribution in [0.15, 0.2) is 11.6 Å². The minimum Gasteiger partial charge on any atom is -0.466 e. The number of rotatable bonds is 20. The average Bonchev–Trinajstić information content (AvgIpc) is 3.19. The maximum Gasteiger partial charge on any atom is 0.310 e. The summed E-state index contributed by atoms with van der Waals surface area (Å²) in [6, 6.07) is 0. The fraction of sp³-hybridized carbons (Fsp3) is 0.722. The zero-order valence-electron chi connectivity index (χ0n) is 32.5. The highest BCUT2D eigenvalue weighted by Gasteiger charge is 2.56. The molecular formula is C36H53NO18. The van der Waals surface area contributed by atoms with Gasteiger partial charge in [0.05, 0.1) is 0 Å². The lowest BCUT2D eigenvalue weighted by Crippen LogP contribution is -2.65. The van der Waals surface area contributed by atoms with E-state index in [1.54, 1.807) is 0 Å². The van der Waals surface area contributed by atoms with Crippen LogP contribution in [0.25, 0.3) is 0 Å². The van der Waals surface area contributed by atoms with Crippen LogP contribution >= 0.6 is 0 Å². The van der Waals surface area contributed by atoms with Crippen LogP contribution in [0.3, 0.4) is 0 Å². The lowest BCUT2D eigenvalue weighted by molar-refractivity contribution is -0.331. The molecule has 0 bridgehead atoms. The van der Waals surface area contributed by atoms with E-state index in [1.165, 1.54) is 55.4 Å². The van der Waals surface area contributed by atoms with Crippen molar-refractivity contribution in [1.82, 2.24) is 5.32 Å². The lowest BCUT2D eigenvalue weighted by Gasteiger charge is -2.46. The molecule has 5 unspecified atom stereocenters. The molecule has 310 valence electrons. The highest BCUT2D eigenvalue weighted by Crippen LogP contribution is 2.36. The predicted octanol–water partition coefficient (Wildman–Crippen LogP) is 2.34. The molecular weight excluding hydrogens is 734 g/mol. The van der Waals surface area contributed by atoms with Crippen molar-refractivity contribution in [3.05, 3.63) is 11.6 Å². The third-order valence-electron chi connectivity index (χ3n) is 8.00. The summed E-state index contributed by atoms with van der Waals surface area (Å²) < 4.78 is 57.9. The molecule has 2 aliphatic rings. The van der Waals surface area contributed by atoms with Crippen LogP contribution in [0.5, 0.6) is 0 Å². The summed E-state index contributed by atoms with van der Waals surface area (Å²) in [5.41, 5.74) is 0. The Labute approximate surface area is 319 Å². The average molecular weight is 788 g/mol. The summed E-state index contributed by atoms with van der Waals surface area (Å²) in [5, 5.41) is 2.47. The number of amides is 1. The highest BCUT2D eigenvalue weighted by atomic mass is 16.8. The van der Waals surface area contributed by atoms with Crippen LogP contribution in [-0.4, -0.2) is 110 Å². The van der Waals surface area contributed by atoms with Crippen molar-refractivity contribution < 1.29 is 85.7 Å². The van der Waals surface area contributed by atoms with Gasteiger partial charge in [0.1, 0.15) is 25.4 Å². The largest absolute Gasteiger partial charge is 0.466 e. The van der Waals surface area contributed by atoms with E-state index in [9.17, 15) is 38.4 Å². The number of carbonyl (C=O) groups excluding carboxylic acids is 8. The van der Waals surface area contributed by atoms with Crippen molar-refractivity contribution in [2.45, 2.75) is 156 Å². The Kier molecular flexibility index (Phi) is 19.6. The van der Waals surface area contributed by atoms with Crippen molar-refractivity contribution >= 4 is 47.7 Å². The van der Waals surface area contributed by atoms with Crippen LogP contribution in [0, 0.1) is 0 Å². The van der Waals surface area contributed by atoms with Gasteiger partial charge in [-0.25, -0.2) is 0 Å². The quantitative estimate of drug-likeness (QED) is 0.138. The van der Waals surface area contributed by atoms with Gasteiger partial charge in [-0.15, -0.1) is 0 Å². The fourth-order valence-corrected chi connectivity index (χ4v) is 4.93. The Morgan fingerprint density at radius 3 is 1.45 bits per heavy atom. The molecule has 2 heterocycles. The van der Waals surface area contributed by atoms with Gasteiger partial charge in [-0.3, -0.25) is 43.7 Å². The molecule has 0 aromatic carbocycles. The fourth-order valence-electron chi connectivity index (χ4n) is 4.93. The molecule has 1 fully saturated rings. The monoisotopic (exact) mass is 787 g/mol. The van der Waals surface area contributed by atoms with E-state index in [0.29, 0.717) is 0 Å². The maximum absolute atomic E-state index is 13.0. The van der Waals surface area contributed by atoms with Gasteiger partial charge < -0.3 is 47.4 Å². The van der Waals surface area contributed by atoms with Crippen molar-refractivity contribution in [2.24, 2.45) is 0 Å². The van der Waals surface area contributed by atoms with Crippen LogP contribution < -0.4 is 5.32 Å². The van der Waals surface area contributed by atoms with Gasteiger partial charge in [0, 0.05) is 51.4 Å². The number of carbonyl (C=O) groups is 8. The number of nitrogens with one attached hydrogen (secondary N) is 1. The molecule has 0 radical (unpaired) electrons. The van der Waals surface area contributed by atoms with Gasteiger partial charge in [-0.1, -0.05) is 55.4 Å². The molecule has 0 aliphatic carbocycles. The molecule has 19 nitrogen and oxygen atoms in total. The van der Waals surface area contributed by atoms with Gasteiger partial charge in [0.15, 0.2) is 36.8 Å². The van der Waals surface area contributed by atoms with Gasteiger partial charge >= 0.3 is 41.8 Å². The van der Waals surface area contributed by atoms with E-state index in [0.717, 1.165) is 0 Å². The van der Waals surface area contributed by atoms with E-state index in [2.05, 4.69) is 5.32 Å². The minimum absolute atomic E-state index is 0.0401. The van der Waals surface area contributed by atoms with Crippen molar-refractivity contribution in [3.8, 4) is 0 Å². The number of hydrogen-bond acceptors (Lipinski definition) is 18. The van der Waals surface area contributed by atoms with E-state index in [1.807, 2.05) is 0 Å². The topological polar surface area (TPSA) is 241 Å². The molecule has 0 saturated carbocycles. The third-order valence-corrected chi connectivity index (χ3v) is 8.00. The third kappa shape index (κ3) is 13.8. The highest BCUT2D eigenvalue weighted by molar-refractivity contribution is 5.78. The van der Waals surface area contributed by atoms with Gasteiger partial charge in [-0.05, 0) is 0 Å². The number of esters is 7. The molecule has 2 rings (SSSR count). The molecule has 1 saturated heterocycles. The van der Waals surface area contributed by atoms with Gasteiger partial charge in [-0.2, -0.15) is 0 Å². The van der Waals surface area contributed by atoms with Crippen molar-refractivity contribution in [1.29, 1.82) is 0 Å². The smallest absolute Gasteiger partial charge is 0.310 e. The first-order valence-corrected chi connectivity index (χ1v) is 18.5. The maximum atomic E-state index is 13.0. The lowest BCUT2D eigenvalue weighted by atomic mass is 9.97. The molecule has 1 N–H and O–H groups in total. The van der Waals surface area contributed by atoms with Crippen LogP contribution in [0.2, 0.25) is 0 Å².